The molecule has 2 fully saturated rings. The van der Waals surface area contributed by atoms with E-state index in [1.807, 2.05) is 25.7 Å². The van der Waals surface area contributed by atoms with Crippen LogP contribution in [0.25, 0.3) is 0 Å². The van der Waals surface area contributed by atoms with Crippen molar-refractivity contribution in [2.75, 3.05) is 59.0 Å². The Balaban J connectivity index is 1.73. The molecule has 1 unspecified atom stereocenters. The van der Waals surface area contributed by atoms with Crippen LogP contribution < -0.4 is 5.32 Å². The predicted octanol–water partition coefficient (Wildman–Crippen LogP) is 0.530. The normalized spacial score (nSPS) is 25.0. The number of aliphatic hydroxyl groups is 1. The third-order valence-electron chi connectivity index (χ3n) is 5.60. The maximum atomic E-state index is 12.7. The highest BCUT2D eigenvalue weighted by Crippen LogP contribution is 2.34. The van der Waals surface area contributed by atoms with Crippen LogP contribution in [0.4, 0.5) is 0 Å². The fourth-order valence-corrected chi connectivity index (χ4v) is 4.21. The quantitative estimate of drug-likeness (QED) is 0.672. The summed E-state index contributed by atoms with van der Waals surface area (Å²) in [5.74, 6) is 0.203. The average Bonchev–Trinajstić information content (AvgIpc) is 2.97. The Bertz CT molecular complexity index is 512. The van der Waals surface area contributed by atoms with E-state index in [4.69, 9.17) is 0 Å². The molecule has 7 heteroatoms. The molecule has 0 aromatic rings. The highest BCUT2D eigenvalue weighted by Gasteiger charge is 2.37. The first-order valence-electron chi connectivity index (χ1n) is 10.3. The van der Waals surface area contributed by atoms with Crippen LogP contribution in [-0.2, 0) is 9.59 Å². The lowest BCUT2D eigenvalue weighted by atomic mass is 9.83. The zero-order valence-electron chi connectivity index (χ0n) is 17.6. The first-order valence-corrected chi connectivity index (χ1v) is 10.3. The van der Waals surface area contributed by atoms with E-state index in [1.54, 1.807) is 0 Å². The van der Waals surface area contributed by atoms with Crippen LogP contribution >= 0.6 is 0 Å². The smallest absolute Gasteiger partial charge is 0.236 e. The van der Waals surface area contributed by atoms with Gasteiger partial charge in [-0.1, -0.05) is 13.3 Å². The molecule has 2 saturated heterocycles. The van der Waals surface area contributed by atoms with Gasteiger partial charge in [-0.15, -0.1) is 0 Å². The molecule has 2 heterocycles. The van der Waals surface area contributed by atoms with E-state index >= 15 is 0 Å². The number of nitrogens with zero attached hydrogens (tertiary/aromatic N) is 3. The van der Waals surface area contributed by atoms with Gasteiger partial charge in [0.05, 0.1) is 13.1 Å². The van der Waals surface area contributed by atoms with Crippen molar-refractivity contribution in [3.63, 3.8) is 0 Å². The second-order valence-electron chi connectivity index (χ2n) is 9.32. The van der Waals surface area contributed by atoms with Gasteiger partial charge in [-0.25, -0.2) is 0 Å². The number of rotatable bonds is 7. The number of hydrogen-bond donors (Lipinski definition) is 2. The first-order chi connectivity index (χ1) is 12.7. The van der Waals surface area contributed by atoms with Crippen molar-refractivity contribution in [1.82, 2.24) is 20.0 Å². The first kappa shape index (κ1) is 22.1. The summed E-state index contributed by atoms with van der Waals surface area (Å²) in [5.41, 5.74) is -0.236. The molecular weight excluding hydrogens is 344 g/mol. The van der Waals surface area contributed by atoms with E-state index in [0.29, 0.717) is 26.2 Å². The third-order valence-corrected chi connectivity index (χ3v) is 5.60. The molecule has 1 atom stereocenters. The van der Waals surface area contributed by atoms with Crippen molar-refractivity contribution >= 4 is 11.8 Å². The van der Waals surface area contributed by atoms with Gasteiger partial charge in [0.25, 0.3) is 0 Å². The Labute approximate surface area is 164 Å². The molecule has 2 aliphatic heterocycles. The van der Waals surface area contributed by atoms with Gasteiger partial charge < -0.3 is 15.3 Å². The summed E-state index contributed by atoms with van der Waals surface area (Å²) in [5, 5.41) is 12.7. The number of carbonyl (C=O) groups is 2. The van der Waals surface area contributed by atoms with Crippen LogP contribution in [0.1, 0.15) is 47.0 Å². The van der Waals surface area contributed by atoms with E-state index in [9.17, 15) is 14.7 Å². The van der Waals surface area contributed by atoms with E-state index in [-0.39, 0.29) is 29.4 Å². The molecule has 0 spiro atoms. The van der Waals surface area contributed by atoms with Gasteiger partial charge in [-0.3, -0.25) is 19.4 Å². The van der Waals surface area contributed by atoms with Crippen LogP contribution in [0, 0.1) is 5.41 Å². The summed E-state index contributed by atoms with van der Waals surface area (Å²) in [6.45, 7) is 13.6. The van der Waals surface area contributed by atoms with Gasteiger partial charge in [-0.2, -0.15) is 0 Å². The Morgan fingerprint density at radius 2 is 1.70 bits per heavy atom. The molecule has 0 radical (unpaired) electrons. The standard InChI is InChI=1S/C20H38N4O3/c1-5-6-20(16-25)7-8-23(15-20)14-18(27)24-11-9-22(10-12-24)13-17(26)21-19(2,3)4/h25H,5-16H2,1-4H3,(H,21,26). The Morgan fingerprint density at radius 1 is 1.04 bits per heavy atom. The summed E-state index contributed by atoms with van der Waals surface area (Å²) in [6.07, 6.45) is 3.05. The maximum Gasteiger partial charge on any atom is 0.236 e. The SMILES string of the molecule is CCCC1(CO)CCN(CC(=O)N2CCN(CC(=O)NC(C)(C)C)CC2)C1. The molecule has 0 aromatic carbocycles. The zero-order chi connectivity index (χ0) is 20.1. The third kappa shape index (κ3) is 6.73. The number of nitrogens with one attached hydrogen (secondary N) is 1. The van der Waals surface area contributed by atoms with Crippen LogP contribution in [0.15, 0.2) is 0 Å². The zero-order valence-corrected chi connectivity index (χ0v) is 17.6. The van der Waals surface area contributed by atoms with E-state index < -0.39 is 0 Å². The van der Waals surface area contributed by atoms with Gasteiger partial charge in [0.1, 0.15) is 0 Å². The van der Waals surface area contributed by atoms with Crippen LogP contribution in [0.3, 0.4) is 0 Å². The van der Waals surface area contributed by atoms with Crippen molar-refractivity contribution < 1.29 is 14.7 Å². The van der Waals surface area contributed by atoms with Crippen molar-refractivity contribution in [3.05, 3.63) is 0 Å². The van der Waals surface area contributed by atoms with E-state index in [1.165, 1.54) is 0 Å². The molecule has 2 amide bonds. The van der Waals surface area contributed by atoms with Gasteiger partial charge in [0, 0.05) is 50.3 Å². The molecule has 2 aliphatic rings. The van der Waals surface area contributed by atoms with Crippen LogP contribution in [0.2, 0.25) is 0 Å². The largest absolute Gasteiger partial charge is 0.396 e. The van der Waals surface area contributed by atoms with Crippen molar-refractivity contribution in [3.8, 4) is 0 Å². The number of piperazine rings is 1. The van der Waals surface area contributed by atoms with Gasteiger partial charge >= 0.3 is 0 Å². The number of likely N-dealkylation sites (tertiary alicyclic amines) is 1. The van der Waals surface area contributed by atoms with Gasteiger partial charge in [-0.05, 0) is 40.2 Å². The Kier molecular flexibility index (Phi) is 7.65. The van der Waals surface area contributed by atoms with Gasteiger partial charge in [0.2, 0.25) is 11.8 Å². The molecule has 0 bridgehead atoms. The predicted molar refractivity (Wildman–Crippen MR) is 106 cm³/mol. The highest BCUT2D eigenvalue weighted by atomic mass is 16.3. The van der Waals surface area contributed by atoms with Crippen molar-refractivity contribution in [2.45, 2.75) is 52.5 Å². The molecule has 0 aromatic heterocycles. The number of carbonyl (C=O) groups excluding carboxylic acids is 2. The van der Waals surface area contributed by atoms with Crippen LogP contribution in [0.5, 0.6) is 0 Å². The van der Waals surface area contributed by atoms with Gasteiger partial charge in [0.15, 0.2) is 0 Å². The Morgan fingerprint density at radius 3 is 2.26 bits per heavy atom. The minimum atomic E-state index is -0.216. The summed E-state index contributed by atoms with van der Waals surface area (Å²) in [7, 11) is 0. The molecule has 0 saturated carbocycles. The molecule has 7 nitrogen and oxygen atoms in total. The monoisotopic (exact) mass is 382 g/mol. The summed E-state index contributed by atoms with van der Waals surface area (Å²) in [4.78, 5) is 30.9. The molecule has 0 aliphatic carbocycles. The van der Waals surface area contributed by atoms with Crippen LogP contribution in [-0.4, -0.2) is 96.1 Å². The molecule has 2 N–H and O–H groups in total. The molecule has 156 valence electrons. The number of hydrogen-bond acceptors (Lipinski definition) is 5. The fraction of sp³-hybridized carbons (Fsp3) is 0.900. The average molecular weight is 383 g/mol. The second kappa shape index (κ2) is 9.34. The molecular formula is C20H38N4O3. The topological polar surface area (TPSA) is 76.1 Å². The lowest BCUT2D eigenvalue weighted by molar-refractivity contribution is -0.134. The van der Waals surface area contributed by atoms with E-state index in [0.717, 1.165) is 45.4 Å². The van der Waals surface area contributed by atoms with Crippen molar-refractivity contribution in [1.29, 1.82) is 0 Å². The Hall–Kier alpha value is -1.18. The highest BCUT2D eigenvalue weighted by molar-refractivity contribution is 5.79. The summed E-state index contributed by atoms with van der Waals surface area (Å²) < 4.78 is 0. The minimum absolute atomic E-state index is 0.0197. The summed E-state index contributed by atoms with van der Waals surface area (Å²) in [6, 6.07) is 0. The lowest BCUT2D eigenvalue weighted by Crippen LogP contribution is -2.54. The minimum Gasteiger partial charge on any atom is -0.396 e. The summed E-state index contributed by atoms with van der Waals surface area (Å²) >= 11 is 0. The van der Waals surface area contributed by atoms with E-state index in [2.05, 4.69) is 22.0 Å². The number of amides is 2. The molecule has 27 heavy (non-hydrogen) atoms. The fourth-order valence-electron chi connectivity index (χ4n) is 4.21. The number of aliphatic hydroxyl groups excluding tert-OH is 1. The van der Waals surface area contributed by atoms with Crippen molar-refractivity contribution in [2.24, 2.45) is 5.41 Å². The lowest BCUT2D eigenvalue weighted by Gasteiger charge is -2.35. The maximum absolute atomic E-state index is 12.7. The molecule has 2 rings (SSSR count). The second-order valence-corrected chi connectivity index (χ2v) is 9.32.